The number of nitrogens with one attached hydrogen (secondary N) is 1. The Morgan fingerprint density at radius 1 is 1.25 bits per heavy atom. The van der Waals surface area contributed by atoms with Gasteiger partial charge in [-0.15, -0.1) is 0 Å². The highest BCUT2D eigenvalue weighted by Crippen LogP contribution is 2.05. The second-order valence-electron chi connectivity index (χ2n) is 5.22. The van der Waals surface area contributed by atoms with Gasteiger partial charge < -0.3 is 16.0 Å². The highest BCUT2D eigenvalue weighted by molar-refractivity contribution is 5.87. The van der Waals surface area contributed by atoms with Crippen molar-refractivity contribution in [2.45, 2.75) is 31.8 Å². The number of likely N-dealkylation sites (N-methyl/N-ethyl adjacent to an activating group) is 1. The van der Waals surface area contributed by atoms with Crippen LogP contribution in [0.2, 0.25) is 0 Å². The van der Waals surface area contributed by atoms with Crippen molar-refractivity contribution >= 4 is 11.8 Å². The maximum absolute atomic E-state index is 12.1. The van der Waals surface area contributed by atoms with Crippen molar-refractivity contribution in [1.82, 2.24) is 10.2 Å². The monoisotopic (exact) mass is 277 g/mol. The van der Waals surface area contributed by atoms with Crippen molar-refractivity contribution in [3.63, 3.8) is 0 Å². The molecule has 0 heterocycles. The van der Waals surface area contributed by atoms with Gasteiger partial charge in [0.05, 0.1) is 0 Å². The number of hydrogen-bond acceptors (Lipinski definition) is 3. The summed E-state index contributed by atoms with van der Waals surface area (Å²) in [5.74, 6) is -0.317. The van der Waals surface area contributed by atoms with Gasteiger partial charge in [-0.1, -0.05) is 30.3 Å². The number of benzene rings is 1. The molecule has 2 unspecified atom stereocenters. The van der Waals surface area contributed by atoms with E-state index in [0.717, 1.165) is 5.56 Å². The highest BCUT2D eigenvalue weighted by atomic mass is 16.2. The molecule has 0 radical (unpaired) electrons. The average Bonchev–Trinajstić information content (AvgIpc) is 2.37. The quantitative estimate of drug-likeness (QED) is 0.797. The van der Waals surface area contributed by atoms with Gasteiger partial charge in [-0.05, 0) is 12.5 Å². The molecule has 3 N–H and O–H groups in total. The summed E-state index contributed by atoms with van der Waals surface area (Å²) >= 11 is 0. The minimum absolute atomic E-state index is 0.119. The first-order valence-corrected chi connectivity index (χ1v) is 6.70. The predicted molar refractivity (Wildman–Crippen MR) is 79.0 cm³/mol. The molecule has 5 heteroatoms. The second-order valence-corrected chi connectivity index (χ2v) is 5.22. The van der Waals surface area contributed by atoms with Crippen LogP contribution in [-0.4, -0.2) is 42.9 Å². The van der Waals surface area contributed by atoms with E-state index in [2.05, 4.69) is 5.32 Å². The lowest BCUT2D eigenvalue weighted by Gasteiger charge is -2.22. The third-order valence-electron chi connectivity index (χ3n) is 2.86. The Hall–Kier alpha value is -1.88. The molecule has 0 aliphatic heterocycles. The molecule has 1 aromatic carbocycles. The Kier molecular flexibility index (Phi) is 6.18. The van der Waals surface area contributed by atoms with E-state index in [1.165, 1.54) is 4.90 Å². The van der Waals surface area contributed by atoms with E-state index in [1.54, 1.807) is 21.0 Å². The molecule has 0 saturated carbocycles. The molecular weight excluding hydrogens is 254 g/mol. The van der Waals surface area contributed by atoms with E-state index >= 15 is 0 Å². The molecule has 0 spiro atoms. The summed E-state index contributed by atoms with van der Waals surface area (Å²) in [6.07, 6.45) is 0.689. The van der Waals surface area contributed by atoms with E-state index in [0.29, 0.717) is 6.42 Å². The molecular formula is C15H23N3O2. The summed E-state index contributed by atoms with van der Waals surface area (Å²) in [7, 11) is 3.36. The SMILES string of the molecule is CC(N)CC(=O)NC(Cc1ccccc1)C(=O)N(C)C. The van der Waals surface area contributed by atoms with Gasteiger partial charge >= 0.3 is 0 Å². The van der Waals surface area contributed by atoms with Crippen molar-refractivity contribution in [2.24, 2.45) is 5.73 Å². The normalized spacial score (nSPS) is 13.4. The molecule has 0 aromatic heterocycles. The topological polar surface area (TPSA) is 75.4 Å². The molecule has 0 fully saturated rings. The third kappa shape index (κ3) is 5.40. The van der Waals surface area contributed by atoms with Crippen LogP contribution in [0.15, 0.2) is 30.3 Å². The van der Waals surface area contributed by atoms with Crippen LogP contribution < -0.4 is 11.1 Å². The third-order valence-corrected chi connectivity index (χ3v) is 2.86. The molecule has 1 rings (SSSR count). The number of carbonyl (C=O) groups excluding carboxylic acids is 2. The van der Waals surface area contributed by atoms with Crippen LogP contribution in [-0.2, 0) is 16.0 Å². The van der Waals surface area contributed by atoms with E-state index in [4.69, 9.17) is 5.73 Å². The van der Waals surface area contributed by atoms with Gasteiger partial charge in [-0.3, -0.25) is 9.59 Å². The Morgan fingerprint density at radius 3 is 2.35 bits per heavy atom. The summed E-state index contributed by atoms with van der Waals surface area (Å²) in [5.41, 5.74) is 6.61. The highest BCUT2D eigenvalue weighted by Gasteiger charge is 2.22. The summed E-state index contributed by atoms with van der Waals surface area (Å²) < 4.78 is 0. The van der Waals surface area contributed by atoms with Gasteiger partial charge in [0.15, 0.2) is 0 Å². The number of carbonyl (C=O) groups is 2. The summed E-state index contributed by atoms with van der Waals surface area (Å²) in [6.45, 7) is 1.76. The minimum atomic E-state index is -0.557. The van der Waals surface area contributed by atoms with Crippen molar-refractivity contribution < 1.29 is 9.59 Å². The van der Waals surface area contributed by atoms with Crippen molar-refractivity contribution in [1.29, 1.82) is 0 Å². The van der Waals surface area contributed by atoms with Crippen LogP contribution in [0.5, 0.6) is 0 Å². The molecule has 0 aliphatic carbocycles. The van der Waals surface area contributed by atoms with Crippen LogP contribution in [0.3, 0.4) is 0 Å². The Labute approximate surface area is 120 Å². The molecule has 0 bridgehead atoms. The van der Waals surface area contributed by atoms with Crippen LogP contribution in [0, 0.1) is 0 Å². The summed E-state index contributed by atoms with van der Waals surface area (Å²) in [4.78, 5) is 25.5. The number of nitrogens with two attached hydrogens (primary N) is 1. The zero-order valence-electron chi connectivity index (χ0n) is 12.3. The van der Waals surface area contributed by atoms with Gasteiger partial charge in [0, 0.05) is 33.0 Å². The van der Waals surface area contributed by atoms with E-state index in [-0.39, 0.29) is 24.3 Å². The molecule has 20 heavy (non-hydrogen) atoms. The molecule has 1 aromatic rings. The predicted octanol–water partition coefficient (Wildman–Crippen LogP) is 0.539. The van der Waals surface area contributed by atoms with Gasteiger partial charge in [0.2, 0.25) is 11.8 Å². The number of hydrogen-bond donors (Lipinski definition) is 2. The first kappa shape index (κ1) is 16.2. The molecule has 5 nitrogen and oxygen atoms in total. The van der Waals surface area contributed by atoms with Gasteiger partial charge in [-0.2, -0.15) is 0 Å². The second kappa shape index (κ2) is 7.65. The van der Waals surface area contributed by atoms with Gasteiger partial charge in [0.25, 0.3) is 0 Å². The Balaban J connectivity index is 2.75. The zero-order chi connectivity index (χ0) is 15.1. The van der Waals surface area contributed by atoms with E-state index < -0.39 is 6.04 Å². The standard InChI is InChI=1S/C15H23N3O2/c1-11(16)9-14(19)17-13(15(20)18(2)3)10-12-7-5-4-6-8-12/h4-8,11,13H,9-10,16H2,1-3H3,(H,17,19). The van der Waals surface area contributed by atoms with Gasteiger partial charge in [0.1, 0.15) is 6.04 Å². The molecule has 0 saturated heterocycles. The fourth-order valence-electron chi connectivity index (χ4n) is 1.91. The minimum Gasteiger partial charge on any atom is -0.347 e. The van der Waals surface area contributed by atoms with Crippen molar-refractivity contribution in [3.05, 3.63) is 35.9 Å². The first-order valence-electron chi connectivity index (χ1n) is 6.70. The number of rotatable bonds is 6. The van der Waals surface area contributed by atoms with Crippen LogP contribution >= 0.6 is 0 Å². The Morgan fingerprint density at radius 2 is 1.85 bits per heavy atom. The summed E-state index contributed by atoms with van der Waals surface area (Å²) in [6, 6.07) is 8.84. The molecule has 2 atom stereocenters. The maximum atomic E-state index is 12.1. The van der Waals surface area contributed by atoms with Crippen LogP contribution in [0.4, 0.5) is 0 Å². The van der Waals surface area contributed by atoms with Crippen molar-refractivity contribution in [2.75, 3.05) is 14.1 Å². The van der Waals surface area contributed by atoms with Crippen LogP contribution in [0.1, 0.15) is 18.9 Å². The largest absolute Gasteiger partial charge is 0.347 e. The fraction of sp³-hybridized carbons (Fsp3) is 0.467. The Bertz CT molecular complexity index is 444. The zero-order valence-corrected chi connectivity index (χ0v) is 12.3. The number of amides is 2. The molecule has 2 amide bonds. The fourth-order valence-corrected chi connectivity index (χ4v) is 1.91. The van der Waals surface area contributed by atoms with Gasteiger partial charge in [-0.25, -0.2) is 0 Å². The summed E-state index contributed by atoms with van der Waals surface area (Å²) in [5, 5.41) is 2.77. The van der Waals surface area contributed by atoms with E-state index in [1.807, 2.05) is 30.3 Å². The molecule has 0 aliphatic rings. The van der Waals surface area contributed by atoms with Crippen molar-refractivity contribution in [3.8, 4) is 0 Å². The number of nitrogens with zero attached hydrogens (tertiary/aromatic N) is 1. The smallest absolute Gasteiger partial charge is 0.244 e. The van der Waals surface area contributed by atoms with Crippen LogP contribution in [0.25, 0.3) is 0 Å². The lowest BCUT2D eigenvalue weighted by Crippen LogP contribution is -2.48. The molecule has 110 valence electrons. The lowest BCUT2D eigenvalue weighted by molar-refractivity contribution is -0.134. The average molecular weight is 277 g/mol. The lowest BCUT2D eigenvalue weighted by atomic mass is 10.0. The van der Waals surface area contributed by atoms with E-state index in [9.17, 15) is 9.59 Å². The maximum Gasteiger partial charge on any atom is 0.244 e. The first-order chi connectivity index (χ1) is 9.40.